The third-order valence-corrected chi connectivity index (χ3v) is 4.75. The van der Waals surface area contributed by atoms with Crippen LogP contribution in [0.5, 0.6) is 0 Å². The molecule has 1 aromatic heterocycles. The second-order valence-electron chi connectivity index (χ2n) is 6.51. The summed E-state index contributed by atoms with van der Waals surface area (Å²) in [5.74, 6) is -1.37. The van der Waals surface area contributed by atoms with Crippen molar-refractivity contribution in [1.82, 2.24) is 14.8 Å². The Morgan fingerprint density at radius 1 is 1.04 bits per heavy atom. The molecule has 2 amide bonds. The van der Waals surface area contributed by atoms with Crippen LogP contribution >= 0.6 is 0 Å². The average Bonchev–Trinajstić information content (AvgIpc) is 2.69. The number of carbonyl (C=O) groups excluding carboxylic acids is 2. The SMILES string of the molecule is Cc1ccccc1CC(=O)N1CCN(C(=O)c2cc(C(=O)O)ccn2)CC1. The molecule has 0 atom stereocenters. The minimum absolute atomic E-state index is 0.0281. The summed E-state index contributed by atoms with van der Waals surface area (Å²) < 4.78 is 0. The van der Waals surface area contributed by atoms with Gasteiger partial charge in [0.15, 0.2) is 0 Å². The predicted octanol–water partition coefficient (Wildman–Crippen LogP) is 1.62. The number of nitrogens with zero attached hydrogens (tertiary/aromatic N) is 3. The molecule has 0 unspecified atom stereocenters. The molecule has 2 aromatic rings. The molecule has 1 N–H and O–H groups in total. The third-order valence-electron chi connectivity index (χ3n) is 4.75. The van der Waals surface area contributed by atoms with E-state index in [-0.39, 0.29) is 23.1 Å². The first kappa shape index (κ1) is 18.6. The van der Waals surface area contributed by atoms with Gasteiger partial charge in [0.2, 0.25) is 5.91 Å². The summed E-state index contributed by atoms with van der Waals surface area (Å²) in [7, 11) is 0. The number of amides is 2. The first-order valence-electron chi connectivity index (χ1n) is 8.76. The van der Waals surface area contributed by atoms with E-state index in [1.54, 1.807) is 9.80 Å². The highest BCUT2D eigenvalue weighted by Gasteiger charge is 2.26. The molecule has 3 rings (SSSR count). The van der Waals surface area contributed by atoms with Gasteiger partial charge in [0.05, 0.1) is 12.0 Å². The number of carbonyl (C=O) groups is 3. The van der Waals surface area contributed by atoms with E-state index in [0.717, 1.165) is 11.1 Å². The van der Waals surface area contributed by atoms with E-state index in [0.29, 0.717) is 32.6 Å². The monoisotopic (exact) mass is 367 g/mol. The lowest BCUT2D eigenvalue weighted by molar-refractivity contribution is -0.131. The van der Waals surface area contributed by atoms with Crippen molar-refractivity contribution >= 4 is 17.8 Å². The highest BCUT2D eigenvalue weighted by atomic mass is 16.4. The van der Waals surface area contributed by atoms with Crippen molar-refractivity contribution < 1.29 is 19.5 Å². The van der Waals surface area contributed by atoms with Crippen molar-refractivity contribution in [3.63, 3.8) is 0 Å². The minimum atomic E-state index is -1.10. The summed E-state index contributed by atoms with van der Waals surface area (Å²) in [6, 6.07) is 10.4. The number of pyridine rings is 1. The van der Waals surface area contributed by atoms with Gasteiger partial charge in [-0.3, -0.25) is 14.6 Å². The maximum absolute atomic E-state index is 12.6. The van der Waals surface area contributed by atoms with Crippen LogP contribution in [0.4, 0.5) is 0 Å². The van der Waals surface area contributed by atoms with Crippen molar-refractivity contribution in [3.05, 3.63) is 65.0 Å². The van der Waals surface area contributed by atoms with Crippen LogP contribution in [0.1, 0.15) is 32.0 Å². The topological polar surface area (TPSA) is 90.8 Å². The number of hydrogen-bond acceptors (Lipinski definition) is 4. The quantitative estimate of drug-likeness (QED) is 0.887. The molecular weight excluding hydrogens is 346 g/mol. The lowest BCUT2D eigenvalue weighted by Crippen LogP contribution is -2.51. The Kier molecular flexibility index (Phi) is 5.49. The summed E-state index contributed by atoms with van der Waals surface area (Å²) in [4.78, 5) is 43.5. The van der Waals surface area contributed by atoms with Crippen LogP contribution in [0.15, 0.2) is 42.6 Å². The van der Waals surface area contributed by atoms with Crippen molar-refractivity contribution in [2.45, 2.75) is 13.3 Å². The Balaban J connectivity index is 1.59. The number of benzene rings is 1. The molecule has 1 aromatic carbocycles. The summed E-state index contributed by atoms with van der Waals surface area (Å²) in [6.45, 7) is 3.69. The normalized spacial score (nSPS) is 14.1. The number of piperazine rings is 1. The zero-order valence-corrected chi connectivity index (χ0v) is 15.1. The van der Waals surface area contributed by atoms with E-state index in [4.69, 9.17) is 5.11 Å². The first-order chi connectivity index (χ1) is 13.0. The smallest absolute Gasteiger partial charge is 0.335 e. The van der Waals surface area contributed by atoms with E-state index in [1.807, 2.05) is 31.2 Å². The van der Waals surface area contributed by atoms with Gasteiger partial charge < -0.3 is 14.9 Å². The highest BCUT2D eigenvalue weighted by molar-refractivity contribution is 5.96. The summed E-state index contributed by atoms with van der Waals surface area (Å²) in [5, 5.41) is 9.04. The Morgan fingerprint density at radius 3 is 2.37 bits per heavy atom. The number of carboxylic acid groups (broad SMARTS) is 1. The molecule has 7 nitrogen and oxygen atoms in total. The van der Waals surface area contributed by atoms with Crippen LogP contribution in [0, 0.1) is 6.92 Å². The van der Waals surface area contributed by atoms with Gasteiger partial charge in [0.1, 0.15) is 5.69 Å². The lowest BCUT2D eigenvalue weighted by atomic mass is 10.1. The van der Waals surface area contributed by atoms with E-state index in [2.05, 4.69) is 4.98 Å². The largest absolute Gasteiger partial charge is 0.478 e. The van der Waals surface area contributed by atoms with E-state index in [1.165, 1.54) is 18.3 Å². The Hall–Kier alpha value is -3.22. The van der Waals surface area contributed by atoms with Gasteiger partial charge in [-0.05, 0) is 30.2 Å². The third kappa shape index (κ3) is 4.31. The van der Waals surface area contributed by atoms with E-state index in [9.17, 15) is 14.4 Å². The molecule has 7 heteroatoms. The second-order valence-corrected chi connectivity index (χ2v) is 6.51. The van der Waals surface area contributed by atoms with Crippen LogP contribution in [-0.2, 0) is 11.2 Å². The zero-order chi connectivity index (χ0) is 19.4. The number of aromatic carboxylic acids is 1. The average molecular weight is 367 g/mol. The van der Waals surface area contributed by atoms with Crippen molar-refractivity contribution in [2.24, 2.45) is 0 Å². The van der Waals surface area contributed by atoms with Crippen molar-refractivity contribution in [1.29, 1.82) is 0 Å². The van der Waals surface area contributed by atoms with Gasteiger partial charge in [-0.25, -0.2) is 4.79 Å². The number of hydrogen-bond donors (Lipinski definition) is 1. The fourth-order valence-electron chi connectivity index (χ4n) is 3.08. The van der Waals surface area contributed by atoms with Crippen molar-refractivity contribution in [2.75, 3.05) is 26.2 Å². The second kappa shape index (κ2) is 7.99. The molecule has 1 saturated heterocycles. The fraction of sp³-hybridized carbons (Fsp3) is 0.300. The van der Waals surface area contributed by atoms with E-state index >= 15 is 0 Å². The predicted molar refractivity (Wildman–Crippen MR) is 98.6 cm³/mol. The zero-order valence-electron chi connectivity index (χ0n) is 15.1. The van der Waals surface area contributed by atoms with Gasteiger partial charge in [-0.2, -0.15) is 0 Å². The molecule has 0 saturated carbocycles. The van der Waals surface area contributed by atoms with Gasteiger partial charge in [0.25, 0.3) is 5.91 Å². The van der Waals surface area contributed by atoms with E-state index < -0.39 is 5.97 Å². The molecule has 0 spiro atoms. The van der Waals surface area contributed by atoms with Gasteiger partial charge in [-0.15, -0.1) is 0 Å². The summed E-state index contributed by atoms with van der Waals surface area (Å²) in [5.41, 5.74) is 2.23. The number of rotatable bonds is 4. The molecule has 1 fully saturated rings. The molecule has 0 bridgehead atoms. The van der Waals surface area contributed by atoms with Crippen LogP contribution < -0.4 is 0 Å². The number of carboxylic acids is 1. The molecule has 140 valence electrons. The maximum atomic E-state index is 12.6. The molecule has 0 radical (unpaired) electrons. The molecular formula is C20H21N3O4. The first-order valence-corrected chi connectivity index (χ1v) is 8.76. The minimum Gasteiger partial charge on any atom is -0.478 e. The Labute approximate surface area is 157 Å². The standard InChI is InChI=1S/C20H21N3O4/c1-14-4-2-3-5-15(14)13-18(24)22-8-10-23(11-9-22)19(25)17-12-16(20(26)27)6-7-21-17/h2-7,12H,8-11,13H2,1H3,(H,26,27). The van der Waals surface area contributed by atoms with Crippen LogP contribution in [0.2, 0.25) is 0 Å². The number of aromatic nitrogens is 1. The molecule has 27 heavy (non-hydrogen) atoms. The number of aryl methyl sites for hydroxylation is 1. The molecule has 1 aliphatic heterocycles. The molecule has 2 heterocycles. The molecule has 0 aliphatic carbocycles. The summed E-state index contributed by atoms with van der Waals surface area (Å²) in [6.07, 6.45) is 1.67. The van der Waals surface area contributed by atoms with Gasteiger partial charge in [-0.1, -0.05) is 24.3 Å². The Morgan fingerprint density at radius 2 is 1.70 bits per heavy atom. The van der Waals surface area contributed by atoms with Gasteiger partial charge in [0, 0.05) is 32.4 Å². The lowest BCUT2D eigenvalue weighted by Gasteiger charge is -2.34. The van der Waals surface area contributed by atoms with Crippen LogP contribution in [-0.4, -0.2) is 63.9 Å². The van der Waals surface area contributed by atoms with Gasteiger partial charge >= 0.3 is 5.97 Å². The molecule has 1 aliphatic rings. The fourth-order valence-corrected chi connectivity index (χ4v) is 3.08. The van der Waals surface area contributed by atoms with Crippen LogP contribution in [0.25, 0.3) is 0 Å². The highest BCUT2D eigenvalue weighted by Crippen LogP contribution is 2.13. The maximum Gasteiger partial charge on any atom is 0.335 e. The van der Waals surface area contributed by atoms with Crippen molar-refractivity contribution in [3.8, 4) is 0 Å². The summed E-state index contributed by atoms with van der Waals surface area (Å²) >= 11 is 0. The van der Waals surface area contributed by atoms with Crippen LogP contribution in [0.3, 0.4) is 0 Å². The Bertz CT molecular complexity index is 873.